The van der Waals surface area contributed by atoms with E-state index in [1.54, 1.807) is 12.1 Å². The lowest BCUT2D eigenvalue weighted by atomic mass is 10.2. The Kier molecular flexibility index (Phi) is 3.14. The number of carbonyl (C=O) groups excluding carboxylic acids is 1. The Bertz CT molecular complexity index is 336. The summed E-state index contributed by atoms with van der Waals surface area (Å²) >= 11 is 0. The van der Waals surface area contributed by atoms with Crippen molar-refractivity contribution >= 4 is 12.1 Å². The molecule has 1 aromatic rings. The van der Waals surface area contributed by atoms with Gasteiger partial charge in [-0.3, -0.25) is 4.79 Å². The van der Waals surface area contributed by atoms with Crippen LogP contribution in [0.25, 0.3) is 0 Å². The molecular formula is C9H9FN2O. The van der Waals surface area contributed by atoms with E-state index in [-0.39, 0.29) is 11.7 Å². The molecule has 0 atom stereocenters. The Morgan fingerprint density at radius 1 is 1.62 bits per heavy atom. The number of hydrazone groups is 1. The van der Waals surface area contributed by atoms with E-state index in [0.29, 0.717) is 5.56 Å². The van der Waals surface area contributed by atoms with Gasteiger partial charge in [0, 0.05) is 6.92 Å². The van der Waals surface area contributed by atoms with E-state index >= 15 is 0 Å². The number of nitrogens with one attached hydrogen (secondary N) is 1. The molecule has 4 heteroatoms. The summed E-state index contributed by atoms with van der Waals surface area (Å²) in [5.41, 5.74) is 2.83. The van der Waals surface area contributed by atoms with Crippen LogP contribution in [0.1, 0.15) is 12.5 Å². The molecule has 0 radical (unpaired) electrons. The normalized spacial score (nSPS) is 10.3. The van der Waals surface area contributed by atoms with Gasteiger partial charge in [-0.2, -0.15) is 5.10 Å². The zero-order valence-electron chi connectivity index (χ0n) is 7.12. The Balaban J connectivity index is 2.63. The lowest BCUT2D eigenvalue weighted by Crippen LogP contribution is -2.12. The van der Waals surface area contributed by atoms with Crippen LogP contribution in [0, 0.1) is 5.82 Å². The highest BCUT2D eigenvalue weighted by molar-refractivity contribution is 5.81. The minimum atomic E-state index is -0.327. The lowest BCUT2D eigenvalue weighted by molar-refractivity contribution is -0.118. The van der Waals surface area contributed by atoms with Gasteiger partial charge in [-0.1, -0.05) is 12.1 Å². The van der Waals surface area contributed by atoms with E-state index in [9.17, 15) is 9.18 Å². The van der Waals surface area contributed by atoms with Crippen molar-refractivity contribution in [3.8, 4) is 0 Å². The largest absolute Gasteiger partial charge is 0.274 e. The number of hydrogen-bond acceptors (Lipinski definition) is 2. The molecule has 1 aromatic carbocycles. The quantitative estimate of drug-likeness (QED) is 0.540. The van der Waals surface area contributed by atoms with E-state index < -0.39 is 0 Å². The molecule has 3 nitrogen and oxygen atoms in total. The molecular weight excluding hydrogens is 171 g/mol. The average molecular weight is 180 g/mol. The van der Waals surface area contributed by atoms with Gasteiger partial charge in [-0.15, -0.1) is 0 Å². The number of halogens is 1. The van der Waals surface area contributed by atoms with Gasteiger partial charge in [-0.05, 0) is 17.7 Å². The Morgan fingerprint density at radius 3 is 3.00 bits per heavy atom. The van der Waals surface area contributed by atoms with Gasteiger partial charge >= 0.3 is 0 Å². The van der Waals surface area contributed by atoms with E-state index in [4.69, 9.17) is 0 Å². The second-order valence-electron chi connectivity index (χ2n) is 2.48. The number of hydrogen-bond donors (Lipinski definition) is 1. The fourth-order valence-electron chi connectivity index (χ4n) is 0.785. The van der Waals surface area contributed by atoms with Gasteiger partial charge in [0.15, 0.2) is 0 Å². The molecule has 0 unspecified atom stereocenters. The zero-order chi connectivity index (χ0) is 9.68. The van der Waals surface area contributed by atoms with Crippen molar-refractivity contribution < 1.29 is 9.18 Å². The third kappa shape index (κ3) is 3.46. The number of benzene rings is 1. The molecule has 0 aliphatic rings. The summed E-state index contributed by atoms with van der Waals surface area (Å²) in [6.45, 7) is 1.35. The molecule has 0 aromatic heterocycles. The van der Waals surface area contributed by atoms with Crippen LogP contribution in [0.2, 0.25) is 0 Å². The van der Waals surface area contributed by atoms with E-state index in [1.165, 1.54) is 25.3 Å². The number of rotatable bonds is 2. The van der Waals surface area contributed by atoms with Gasteiger partial charge < -0.3 is 0 Å². The number of carbonyl (C=O) groups is 1. The van der Waals surface area contributed by atoms with Gasteiger partial charge in [0.25, 0.3) is 0 Å². The second kappa shape index (κ2) is 4.35. The number of amides is 1. The van der Waals surface area contributed by atoms with Crippen LogP contribution in [-0.2, 0) is 4.79 Å². The second-order valence-corrected chi connectivity index (χ2v) is 2.48. The highest BCUT2D eigenvalue weighted by Crippen LogP contribution is 1.99. The highest BCUT2D eigenvalue weighted by atomic mass is 19.1. The molecule has 0 bridgehead atoms. The van der Waals surface area contributed by atoms with Crippen molar-refractivity contribution in [3.05, 3.63) is 35.6 Å². The monoisotopic (exact) mass is 180 g/mol. The maximum Gasteiger partial charge on any atom is 0.236 e. The molecule has 0 saturated carbocycles. The molecule has 1 amide bonds. The molecule has 0 heterocycles. The summed E-state index contributed by atoms with van der Waals surface area (Å²) in [6, 6.07) is 5.93. The highest BCUT2D eigenvalue weighted by Gasteiger charge is 1.90. The third-order valence-corrected chi connectivity index (χ3v) is 1.28. The minimum Gasteiger partial charge on any atom is -0.274 e. The van der Waals surface area contributed by atoms with Crippen LogP contribution < -0.4 is 5.43 Å². The molecule has 0 aliphatic heterocycles. The topological polar surface area (TPSA) is 41.5 Å². The number of nitrogens with zero attached hydrogens (tertiary/aromatic N) is 1. The van der Waals surface area contributed by atoms with Gasteiger partial charge in [0.05, 0.1) is 6.21 Å². The van der Waals surface area contributed by atoms with E-state index in [0.717, 1.165) is 0 Å². The maximum absolute atomic E-state index is 12.6. The van der Waals surface area contributed by atoms with Crippen molar-refractivity contribution in [1.82, 2.24) is 5.43 Å². The first-order valence-electron chi connectivity index (χ1n) is 3.73. The summed E-state index contributed by atoms with van der Waals surface area (Å²) < 4.78 is 12.6. The predicted molar refractivity (Wildman–Crippen MR) is 47.8 cm³/mol. The molecule has 68 valence electrons. The molecule has 1 N–H and O–H groups in total. The van der Waals surface area contributed by atoms with E-state index in [1.807, 2.05) is 0 Å². The van der Waals surface area contributed by atoms with Crippen molar-refractivity contribution in [2.45, 2.75) is 6.92 Å². The molecule has 13 heavy (non-hydrogen) atoms. The Hall–Kier alpha value is -1.71. The first kappa shape index (κ1) is 9.38. The van der Waals surface area contributed by atoms with Crippen LogP contribution in [0.15, 0.2) is 29.4 Å². The van der Waals surface area contributed by atoms with Crippen LogP contribution in [0.3, 0.4) is 0 Å². The summed E-state index contributed by atoms with van der Waals surface area (Å²) in [5.74, 6) is -0.584. The fourth-order valence-corrected chi connectivity index (χ4v) is 0.785. The van der Waals surface area contributed by atoms with Crippen LogP contribution in [-0.4, -0.2) is 12.1 Å². The maximum atomic E-state index is 12.6. The summed E-state index contributed by atoms with van der Waals surface area (Å²) in [6.07, 6.45) is 1.38. The predicted octanol–water partition coefficient (Wildman–Crippen LogP) is 1.30. The first-order valence-corrected chi connectivity index (χ1v) is 3.73. The summed E-state index contributed by atoms with van der Waals surface area (Å²) in [4.78, 5) is 10.4. The lowest BCUT2D eigenvalue weighted by Gasteiger charge is -1.93. The Morgan fingerprint density at radius 2 is 2.38 bits per heavy atom. The molecule has 1 rings (SSSR count). The average Bonchev–Trinajstić information content (AvgIpc) is 2.03. The first-order chi connectivity index (χ1) is 6.18. The molecule has 0 aliphatic carbocycles. The van der Waals surface area contributed by atoms with Gasteiger partial charge in [0.2, 0.25) is 5.91 Å². The van der Waals surface area contributed by atoms with Crippen molar-refractivity contribution in [3.63, 3.8) is 0 Å². The smallest absolute Gasteiger partial charge is 0.236 e. The van der Waals surface area contributed by atoms with Crippen molar-refractivity contribution in [2.24, 2.45) is 5.10 Å². The molecule has 0 fully saturated rings. The summed E-state index contributed by atoms with van der Waals surface area (Å²) in [5, 5.41) is 3.59. The van der Waals surface area contributed by atoms with Crippen LogP contribution in [0.5, 0.6) is 0 Å². The van der Waals surface area contributed by atoms with Crippen LogP contribution >= 0.6 is 0 Å². The fraction of sp³-hybridized carbons (Fsp3) is 0.111. The zero-order valence-corrected chi connectivity index (χ0v) is 7.12. The van der Waals surface area contributed by atoms with Gasteiger partial charge in [0.1, 0.15) is 5.82 Å². The Labute approximate surface area is 75.3 Å². The van der Waals surface area contributed by atoms with E-state index in [2.05, 4.69) is 10.5 Å². The van der Waals surface area contributed by atoms with Crippen molar-refractivity contribution in [2.75, 3.05) is 0 Å². The minimum absolute atomic E-state index is 0.257. The summed E-state index contributed by atoms with van der Waals surface area (Å²) in [7, 11) is 0. The van der Waals surface area contributed by atoms with Crippen molar-refractivity contribution in [1.29, 1.82) is 0 Å². The SMILES string of the molecule is CC(=O)NN=Cc1cccc(F)c1. The van der Waals surface area contributed by atoms with Gasteiger partial charge in [-0.25, -0.2) is 9.82 Å². The molecule has 0 saturated heterocycles. The standard InChI is InChI=1S/C9H9FN2O/c1-7(13)12-11-6-8-3-2-4-9(10)5-8/h2-6H,1H3,(H,12,13). The van der Waals surface area contributed by atoms with Crippen LogP contribution in [0.4, 0.5) is 4.39 Å². The molecule has 0 spiro atoms. The third-order valence-electron chi connectivity index (χ3n) is 1.28.